The molecule has 1 saturated heterocycles. The van der Waals surface area contributed by atoms with E-state index in [2.05, 4.69) is 0 Å². The van der Waals surface area contributed by atoms with Gasteiger partial charge < -0.3 is 4.90 Å². The van der Waals surface area contributed by atoms with Crippen LogP contribution in [0.4, 0.5) is 0 Å². The lowest BCUT2D eigenvalue weighted by molar-refractivity contribution is -0.138. The van der Waals surface area contributed by atoms with Crippen LogP contribution in [-0.4, -0.2) is 32.5 Å². The third-order valence-electron chi connectivity index (χ3n) is 5.56. The summed E-state index contributed by atoms with van der Waals surface area (Å²) < 4.78 is 2.21. The summed E-state index contributed by atoms with van der Waals surface area (Å²) in [5, 5.41) is 9.12. The molecule has 1 aliphatic heterocycles. The van der Waals surface area contributed by atoms with Gasteiger partial charge in [0.15, 0.2) is 0 Å². The van der Waals surface area contributed by atoms with Crippen molar-refractivity contribution in [2.45, 2.75) is 64.6 Å². The Morgan fingerprint density at radius 3 is 2.68 bits per heavy atom. The lowest BCUT2D eigenvalue weighted by atomic mass is 9.78. The Labute approximate surface area is 146 Å². The van der Waals surface area contributed by atoms with Gasteiger partial charge in [-0.15, -0.1) is 0 Å². The molecule has 1 aromatic heterocycles. The molecule has 1 aliphatic carbocycles. The molecule has 3 rings (SSSR count). The molecule has 1 aromatic rings. The van der Waals surface area contributed by atoms with Crippen molar-refractivity contribution in [3.63, 3.8) is 0 Å². The van der Waals surface area contributed by atoms with Crippen LogP contribution in [0.3, 0.4) is 0 Å². The van der Waals surface area contributed by atoms with Crippen molar-refractivity contribution >= 4 is 5.91 Å². The molecule has 2 heterocycles. The predicted octanol–water partition coefficient (Wildman–Crippen LogP) is 1.08. The van der Waals surface area contributed by atoms with E-state index >= 15 is 0 Å². The van der Waals surface area contributed by atoms with E-state index < -0.39 is 11.2 Å². The second-order valence-electron chi connectivity index (χ2n) is 6.96. The van der Waals surface area contributed by atoms with Crippen LogP contribution in [0.15, 0.2) is 15.8 Å². The first-order valence-corrected chi connectivity index (χ1v) is 9.10. The molecule has 0 radical (unpaired) electrons. The number of carbonyl (C=O) groups is 1. The van der Waals surface area contributed by atoms with E-state index in [0.717, 1.165) is 36.7 Å². The van der Waals surface area contributed by atoms with E-state index in [-0.39, 0.29) is 24.1 Å². The average Bonchev–Trinajstić information content (AvgIpc) is 2.64. The van der Waals surface area contributed by atoms with E-state index in [0.29, 0.717) is 19.0 Å². The van der Waals surface area contributed by atoms with E-state index in [1.54, 1.807) is 6.92 Å². The van der Waals surface area contributed by atoms with Crippen molar-refractivity contribution in [3.8, 4) is 6.07 Å². The third kappa shape index (κ3) is 3.26. The maximum Gasteiger partial charge on any atom is 0.331 e. The fourth-order valence-corrected chi connectivity index (χ4v) is 4.26. The molecule has 25 heavy (non-hydrogen) atoms. The van der Waals surface area contributed by atoms with Crippen LogP contribution in [0.25, 0.3) is 0 Å². The van der Waals surface area contributed by atoms with E-state index in [1.165, 1.54) is 17.2 Å². The minimum atomic E-state index is -0.678. The topological polar surface area (TPSA) is 88.1 Å². The van der Waals surface area contributed by atoms with Gasteiger partial charge in [-0.05, 0) is 38.5 Å². The summed E-state index contributed by atoms with van der Waals surface area (Å²) in [5.74, 6) is 0.356. The lowest BCUT2D eigenvalue weighted by Crippen LogP contribution is -2.52. The Bertz CT molecular complexity index is 815. The molecule has 0 bridgehead atoms. The summed E-state index contributed by atoms with van der Waals surface area (Å²) in [6, 6.07) is 2.05. The van der Waals surface area contributed by atoms with E-state index in [9.17, 15) is 14.4 Å². The van der Waals surface area contributed by atoms with Crippen molar-refractivity contribution in [1.29, 1.82) is 5.26 Å². The number of likely N-dealkylation sites (tertiary alicyclic amines) is 1. The van der Waals surface area contributed by atoms with Gasteiger partial charge in [0.1, 0.15) is 18.2 Å². The number of fused-ring (bicyclic) bond motifs is 1. The molecule has 2 aliphatic rings. The van der Waals surface area contributed by atoms with Gasteiger partial charge in [-0.25, -0.2) is 9.36 Å². The molecule has 1 saturated carbocycles. The Morgan fingerprint density at radius 1 is 1.24 bits per heavy atom. The summed E-state index contributed by atoms with van der Waals surface area (Å²) in [6.07, 6.45) is 7.89. The first-order valence-electron chi connectivity index (χ1n) is 9.10. The Hall–Kier alpha value is -2.36. The van der Waals surface area contributed by atoms with Crippen molar-refractivity contribution in [3.05, 3.63) is 32.6 Å². The van der Waals surface area contributed by atoms with Gasteiger partial charge in [-0.3, -0.25) is 14.2 Å². The average molecular weight is 344 g/mol. The second-order valence-corrected chi connectivity index (χ2v) is 6.96. The molecule has 134 valence electrons. The lowest BCUT2D eigenvalue weighted by Gasteiger charge is -2.44. The molecular weight excluding hydrogens is 320 g/mol. The largest absolute Gasteiger partial charge is 0.338 e. The highest BCUT2D eigenvalue weighted by molar-refractivity contribution is 5.76. The van der Waals surface area contributed by atoms with Crippen LogP contribution in [0, 0.1) is 17.2 Å². The quantitative estimate of drug-likeness (QED) is 0.821. The highest BCUT2D eigenvalue weighted by atomic mass is 16.2. The standard InChI is InChI=1S/C18H24N4O3/c1-2-20-11-14(10-19)17(24)22(18(20)25)12-16(23)21-9-5-7-13-6-3-4-8-15(13)21/h11,13,15H,2-9,12H2,1H3/t13-,15+/m0/s1. The SMILES string of the molecule is CCn1cc(C#N)c(=O)n(CC(=O)N2CCC[C@@H]3CCCC[C@H]32)c1=O. The van der Waals surface area contributed by atoms with Gasteiger partial charge in [-0.1, -0.05) is 12.8 Å². The van der Waals surface area contributed by atoms with Crippen molar-refractivity contribution in [1.82, 2.24) is 14.0 Å². The zero-order valence-electron chi connectivity index (χ0n) is 14.6. The number of aryl methyl sites for hydroxylation is 1. The number of hydrogen-bond acceptors (Lipinski definition) is 4. The van der Waals surface area contributed by atoms with Crippen molar-refractivity contribution in [2.24, 2.45) is 5.92 Å². The van der Waals surface area contributed by atoms with Gasteiger partial charge in [0, 0.05) is 25.3 Å². The van der Waals surface area contributed by atoms with E-state index in [4.69, 9.17) is 5.26 Å². The summed E-state index contributed by atoms with van der Waals surface area (Å²) >= 11 is 0. The highest BCUT2D eigenvalue weighted by Gasteiger charge is 2.35. The van der Waals surface area contributed by atoms with Crippen molar-refractivity contribution in [2.75, 3.05) is 6.54 Å². The van der Waals surface area contributed by atoms with Gasteiger partial charge in [-0.2, -0.15) is 5.26 Å². The zero-order chi connectivity index (χ0) is 18.0. The minimum absolute atomic E-state index is 0.108. The molecular formula is C18H24N4O3. The van der Waals surface area contributed by atoms with Crippen LogP contribution in [0.1, 0.15) is 51.0 Å². The molecule has 0 spiro atoms. The van der Waals surface area contributed by atoms with Gasteiger partial charge >= 0.3 is 5.69 Å². The molecule has 2 fully saturated rings. The number of rotatable bonds is 3. The molecule has 7 nitrogen and oxygen atoms in total. The molecule has 2 atom stereocenters. The zero-order valence-corrected chi connectivity index (χ0v) is 14.6. The summed E-state index contributed by atoms with van der Waals surface area (Å²) in [6.45, 7) is 2.51. The fraction of sp³-hybridized carbons (Fsp3) is 0.667. The molecule has 7 heteroatoms. The highest BCUT2D eigenvalue weighted by Crippen LogP contribution is 2.35. The van der Waals surface area contributed by atoms with Crippen LogP contribution >= 0.6 is 0 Å². The summed E-state index contributed by atoms with van der Waals surface area (Å²) in [7, 11) is 0. The molecule has 0 N–H and O–H groups in total. The van der Waals surface area contributed by atoms with Gasteiger partial charge in [0.05, 0.1) is 0 Å². The normalized spacial score (nSPS) is 23.0. The second kappa shape index (κ2) is 7.26. The number of amides is 1. The van der Waals surface area contributed by atoms with Crippen LogP contribution in [-0.2, 0) is 17.9 Å². The first-order chi connectivity index (χ1) is 12.1. The first kappa shape index (κ1) is 17.5. The minimum Gasteiger partial charge on any atom is -0.338 e. The van der Waals surface area contributed by atoms with E-state index in [1.807, 2.05) is 11.0 Å². The van der Waals surface area contributed by atoms with Crippen molar-refractivity contribution < 1.29 is 4.79 Å². The molecule has 0 unspecified atom stereocenters. The van der Waals surface area contributed by atoms with Crippen LogP contribution in [0.2, 0.25) is 0 Å². The number of carbonyl (C=O) groups excluding carboxylic acids is 1. The smallest absolute Gasteiger partial charge is 0.331 e. The number of aromatic nitrogens is 2. The molecule has 1 amide bonds. The number of nitrogens with zero attached hydrogens (tertiary/aromatic N) is 4. The number of nitriles is 1. The number of hydrogen-bond donors (Lipinski definition) is 0. The third-order valence-corrected chi connectivity index (χ3v) is 5.56. The maximum atomic E-state index is 12.9. The summed E-state index contributed by atoms with van der Waals surface area (Å²) in [5.41, 5.74) is -1.32. The van der Waals surface area contributed by atoms with Crippen LogP contribution < -0.4 is 11.2 Å². The molecule has 0 aromatic carbocycles. The Balaban J connectivity index is 1.89. The summed E-state index contributed by atoms with van der Waals surface area (Å²) in [4.78, 5) is 39.5. The maximum absolute atomic E-state index is 12.9. The van der Waals surface area contributed by atoms with Crippen LogP contribution in [0.5, 0.6) is 0 Å². The monoisotopic (exact) mass is 344 g/mol. The Morgan fingerprint density at radius 2 is 1.96 bits per heavy atom. The predicted molar refractivity (Wildman–Crippen MR) is 92.0 cm³/mol. The Kier molecular flexibility index (Phi) is 5.07. The van der Waals surface area contributed by atoms with Gasteiger partial charge in [0.2, 0.25) is 5.91 Å². The number of piperidine rings is 1. The fourth-order valence-electron chi connectivity index (χ4n) is 4.26. The van der Waals surface area contributed by atoms with Gasteiger partial charge in [0.25, 0.3) is 5.56 Å².